The second-order valence-electron chi connectivity index (χ2n) is 4.12. The molecule has 5 heteroatoms. The van der Waals surface area contributed by atoms with Crippen molar-refractivity contribution in [1.29, 1.82) is 0 Å². The fraction of sp³-hybridized carbons (Fsp3) is 1.00. The van der Waals surface area contributed by atoms with E-state index in [2.05, 4.69) is 19.2 Å². The predicted octanol–water partition coefficient (Wildman–Crippen LogP) is 3.12. The number of ether oxygens (including phenoxy) is 1. The van der Waals surface area contributed by atoms with E-state index < -0.39 is 12.6 Å². The summed E-state index contributed by atoms with van der Waals surface area (Å²) in [5.74, 6) is 0. The molecule has 16 heavy (non-hydrogen) atoms. The van der Waals surface area contributed by atoms with Crippen molar-refractivity contribution in [3.05, 3.63) is 0 Å². The van der Waals surface area contributed by atoms with Gasteiger partial charge < -0.3 is 10.1 Å². The topological polar surface area (TPSA) is 21.3 Å². The minimum absolute atomic E-state index is 0.0389. The second kappa shape index (κ2) is 7.90. The molecule has 0 aromatic carbocycles. The molecule has 0 amide bonds. The average Bonchev–Trinajstić information content (AvgIpc) is 2.19. The van der Waals surface area contributed by atoms with Gasteiger partial charge in [-0.15, -0.1) is 0 Å². The highest BCUT2D eigenvalue weighted by Crippen LogP contribution is 2.21. The molecule has 0 aromatic rings. The molecular weight excluding hydrogens is 219 g/mol. The minimum Gasteiger partial charge on any atom is -0.377 e. The summed E-state index contributed by atoms with van der Waals surface area (Å²) in [6.45, 7) is 6.86. The van der Waals surface area contributed by atoms with Gasteiger partial charge in [0, 0.05) is 25.6 Å². The van der Waals surface area contributed by atoms with Crippen LogP contribution >= 0.6 is 0 Å². The van der Waals surface area contributed by atoms with Crippen LogP contribution in [0.3, 0.4) is 0 Å². The van der Waals surface area contributed by atoms with E-state index in [1.807, 2.05) is 6.92 Å². The normalized spacial score (nSPS) is 16.1. The van der Waals surface area contributed by atoms with Gasteiger partial charge in [0.15, 0.2) is 0 Å². The molecule has 0 saturated heterocycles. The molecule has 0 aliphatic carbocycles. The highest BCUT2D eigenvalue weighted by atomic mass is 19.4. The first-order chi connectivity index (χ1) is 7.35. The summed E-state index contributed by atoms with van der Waals surface area (Å²) in [4.78, 5) is 0. The quantitative estimate of drug-likeness (QED) is 0.659. The lowest BCUT2D eigenvalue weighted by Crippen LogP contribution is -2.33. The van der Waals surface area contributed by atoms with Gasteiger partial charge in [-0.05, 0) is 26.7 Å². The summed E-state index contributed by atoms with van der Waals surface area (Å²) >= 11 is 0. The van der Waals surface area contributed by atoms with E-state index in [1.165, 1.54) is 0 Å². The molecule has 0 bridgehead atoms. The first-order valence-corrected chi connectivity index (χ1v) is 5.77. The largest absolute Gasteiger partial charge is 0.389 e. The van der Waals surface area contributed by atoms with Gasteiger partial charge in [0.05, 0.1) is 6.10 Å². The van der Waals surface area contributed by atoms with Crippen LogP contribution in [-0.2, 0) is 4.74 Å². The minimum atomic E-state index is -4.07. The third-order valence-corrected chi connectivity index (χ3v) is 2.37. The third-order valence-electron chi connectivity index (χ3n) is 2.37. The molecule has 0 rings (SSSR count). The summed E-state index contributed by atoms with van der Waals surface area (Å²) in [5.41, 5.74) is 0. The number of alkyl halides is 3. The van der Waals surface area contributed by atoms with E-state index in [0.717, 1.165) is 6.42 Å². The van der Waals surface area contributed by atoms with Gasteiger partial charge in [0.25, 0.3) is 0 Å². The summed E-state index contributed by atoms with van der Waals surface area (Å²) in [5, 5.41) is 3.24. The first kappa shape index (κ1) is 15.7. The number of nitrogens with one attached hydrogen (secondary N) is 1. The van der Waals surface area contributed by atoms with Gasteiger partial charge in [-0.25, -0.2) is 0 Å². The summed E-state index contributed by atoms with van der Waals surface area (Å²) in [6, 6.07) is 0.418. The van der Waals surface area contributed by atoms with Crippen molar-refractivity contribution < 1.29 is 17.9 Å². The molecule has 1 N–H and O–H groups in total. The van der Waals surface area contributed by atoms with Crippen molar-refractivity contribution in [1.82, 2.24) is 5.32 Å². The van der Waals surface area contributed by atoms with E-state index >= 15 is 0 Å². The summed E-state index contributed by atoms with van der Waals surface area (Å²) in [6.07, 6.45) is -3.81. The van der Waals surface area contributed by atoms with Gasteiger partial charge in [-0.1, -0.05) is 6.92 Å². The van der Waals surface area contributed by atoms with Crippen molar-refractivity contribution in [2.45, 2.75) is 58.4 Å². The Morgan fingerprint density at radius 1 is 1.25 bits per heavy atom. The van der Waals surface area contributed by atoms with E-state index in [9.17, 15) is 13.2 Å². The Morgan fingerprint density at radius 3 is 2.38 bits per heavy atom. The van der Waals surface area contributed by atoms with Crippen molar-refractivity contribution in [3.8, 4) is 0 Å². The molecule has 98 valence electrons. The van der Waals surface area contributed by atoms with E-state index in [-0.39, 0.29) is 19.1 Å². The Labute approximate surface area is 95.5 Å². The van der Waals surface area contributed by atoms with Gasteiger partial charge in [0.1, 0.15) is 0 Å². The second-order valence-corrected chi connectivity index (χ2v) is 4.12. The van der Waals surface area contributed by atoms with E-state index in [1.54, 1.807) is 0 Å². The Bertz CT molecular complexity index is 173. The van der Waals surface area contributed by atoms with Crippen LogP contribution in [0, 0.1) is 0 Å². The van der Waals surface area contributed by atoms with Crippen molar-refractivity contribution >= 4 is 0 Å². The van der Waals surface area contributed by atoms with Gasteiger partial charge >= 0.3 is 6.18 Å². The Kier molecular flexibility index (Phi) is 7.76. The Hall–Kier alpha value is -0.290. The van der Waals surface area contributed by atoms with Crippen molar-refractivity contribution in [3.63, 3.8) is 0 Å². The lowest BCUT2D eigenvalue weighted by atomic mass is 10.2. The maximum atomic E-state index is 11.8. The molecular formula is C11H22F3NO. The SMILES string of the molecule is CCC(C)NCC(C)OCCCC(F)(F)F. The lowest BCUT2D eigenvalue weighted by molar-refractivity contribution is -0.138. The smallest absolute Gasteiger partial charge is 0.377 e. The Balaban J connectivity index is 3.40. The predicted molar refractivity (Wildman–Crippen MR) is 58.5 cm³/mol. The van der Waals surface area contributed by atoms with Crippen molar-refractivity contribution in [2.24, 2.45) is 0 Å². The maximum Gasteiger partial charge on any atom is 0.389 e. The van der Waals surface area contributed by atoms with Gasteiger partial charge in [-0.2, -0.15) is 13.2 Å². The van der Waals surface area contributed by atoms with E-state index in [4.69, 9.17) is 4.74 Å². The summed E-state index contributed by atoms with van der Waals surface area (Å²) in [7, 11) is 0. The monoisotopic (exact) mass is 241 g/mol. The molecule has 0 radical (unpaired) electrons. The van der Waals surface area contributed by atoms with Crippen LogP contribution in [-0.4, -0.2) is 31.5 Å². The number of hydrogen-bond acceptors (Lipinski definition) is 2. The zero-order valence-corrected chi connectivity index (χ0v) is 10.2. The van der Waals surface area contributed by atoms with Gasteiger partial charge in [0.2, 0.25) is 0 Å². The first-order valence-electron chi connectivity index (χ1n) is 5.77. The van der Waals surface area contributed by atoms with Gasteiger partial charge in [-0.3, -0.25) is 0 Å². The van der Waals surface area contributed by atoms with E-state index in [0.29, 0.717) is 12.6 Å². The highest BCUT2D eigenvalue weighted by Gasteiger charge is 2.26. The molecule has 2 atom stereocenters. The van der Waals surface area contributed by atoms with Crippen LogP contribution in [0.5, 0.6) is 0 Å². The lowest BCUT2D eigenvalue weighted by Gasteiger charge is -2.17. The van der Waals surface area contributed by atoms with Crippen LogP contribution < -0.4 is 5.32 Å². The fourth-order valence-electron chi connectivity index (χ4n) is 1.13. The fourth-order valence-corrected chi connectivity index (χ4v) is 1.13. The molecule has 0 aliphatic rings. The summed E-state index contributed by atoms with van der Waals surface area (Å²) < 4.78 is 40.7. The standard InChI is InChI=1S/C11H22F3NO/c1-4-9(2)15-8-10(3)16-7-5-6-11(12,13)14/h9-10,15H,4-8H2,1-3H3. The molecule has 0 heterocycles. The van der Waals surface area contributed by atoms with Crippen LogP contribution in [0.25, 0.3) is 0 Å². The molecule has 0 aliphatic heterocycles. The van der Waals surface area contributed by atoms with Crippen LogP contribution in [0.2, 0.25) is 0 Å². The molecule has 0 aromatic heterocycles. The van der Waals surface area contributed by atoms with Crippen LogP contribution in [0.1, 0.15) is 40.0 Å². The number of halogens is 3. The molecule has 0 spiro atoms. The molecule has 2 nitrogen and oxygen atoms in total. The third kappa shape index (κ3) is 10.2. The molecule has 0 fully saturated rings. The maximum absolute atomic E-state index is 11.8. The van der Waals surface area contributed by atoms with Crippen LogP contribution in [0.15, 0.2) is 0 Å². The number of rotatable bonds is 8. The zero-order chi connectivity index (χ0) is 12.6. The van der Waals surface area contributed by atoms with Crippen molar-refractivity contribution in [2.75, 3.05) is 13.2 Å². The Morgan fingerprint density at radius 2 is 1.88 bits per heavy atom. The molecule has 2 unspecified atom stereocenters. The number of hydrogen-bond donors (Lipinski definition) is 1. The van der Waals surface area contributed by atoms with Crippen LogP contribution in [0.4, 0.5) is 13.2 Å². The zero-order valence-electron chi connectivity index (χ0n) is 10.2. The highest BCUT2D eigenvalue weighted by molar-refractivity contribution is 4.61. The molecule has 0 saturated carbocycles. The average molecular weight is 241 g/mol.